The van der Waals surface area contributed by atoms with Crippen LogP contribution in [0.2, 0.25) is 0 Å². The number of carbonyl (C=O) groups excluding carboxylic acids is 4. The molecule has 1 aliphatic heterocycles. The molecule has 30 nitrogen and oxygen atoms in total. The third-order valence-corrected chi connectivity index (χ3v) is 10.7. The molecule has 0 spiro atoms. The van der Waals surface area contributed by atoms with Gasteiger partial charge in [0, 0.05) is 32.7 Å². The van der Waals surface area contributed by atoms with Crippen LogP contribution in [0.3, 0.4) is 0 Å². The average molecular weight is 947 g/mol. The van der Waals surface area contributed by atoms with Gasteiger partial charge in [0.15, 0.2) is 30.1 Å². The summed E-state index contributed by atoms with van der Waals surface area (Å²) in [6.45, 7) is 0.268. The molecule has 1 saturated heterocycles. The summed E-state index contributed by atoms with van der Waals surface area (Å²) in [4.78, 5) is 68.6. The number of rotatable bonds is 27. The fourth-order valence-electron chi connectivity index (χ4n) is 6.99. The SMILES string of the molecule is NC(N)=NCCC[C@H](N)C(=O)NC[C@H]1O[C@H](O[C@H]2[C@H](O)[C@@H](O)[C@H](NC(=O)[C@@H](N)CCCN=C(N)N)C[C@@H]2NC(=O)[C@@H](N)CCCN=C(N)N)[C@H](NC(=O)[C@@H](N)CCCN=C(N)N)[C@@H](O)[C@@H]1O. The van der Waals surface area contributed by atoms with Crippen molar-refractivity contribution in [2.45, 2.75) is 143 Å². The van der Waals surface area contributed by atoms with Crippen LogP contribution >= 0.6 is 0 Å². The molecule has 1 aliphatic carbocycles. The topological polar surface area (TPSA) is 577 Å². The highest BCUT2D eigenvalue weighted by molar-refractivity contribution is 5.83. The van der Waals surface area contributed by atoms with E-state index in [0.717, 1.165) is 0 Å². The standard InChI is InChI=1S/C36H74N20O10/c37-15(5-1-9-49-33(41)42)28(61)53-14-21-24(58)25(59)22(56-31(64)18(40)8-4-12-52-36(47)48)32(65-21)66-27-20(55-30(63)17(39)7-3-11-51-35(45)46)13-19(23(57)26(27)60)54-29(62)16(38)6-2-10-50-34(43)44/h15-27,32,57-60H,1-14,37-40H2,(H,53,61)(H,54,62)(H,55,63)(H,56,64)(H4,41,42,49)(H4,43,44,50)(H4,45,46,51)(H4,47,48,52)/t15-,16-,17-,18-,19+,20-,21+,22+,23-,24+,25+,26+,27+,32+/m0/s1. The van der Waals surface area contributed by atoms with Crippen molar-refractivity contribution in [3.63, 3.8) is 0 Å². The molecule has 66 heavy (non-hydrogen) atoms. The summed E-state index contributed by atoms with van der Waals surface area (Å²) in [7, 11) is 0. The second-order valence-corrected chi connectivity index (χ2v) is 16.1. The zero-order valence-electron chi connectivity index (χ0n) is 36.9. The lowest BCUT2D eigenvalue weighted by Crippen LogP contribution is -2.70. The summed E-state index contributed by atoms with van der Waals surface area (Å²) < 4.78 is 12.4. The van der Waals surface area contributed by atoms with Crippen molar-refractivity contribution in [2.75, 3.05) is 32.7 Å². The Bertz CT molecular complexity index is 1660. The first-order chi connectivity index (χ1) is 31.0. The molecule has 1 heterocycles. The molecule has 4 amide bonds. The highest BCUT2D eigenvalue weighted by atomic mass is 16.7. The Hall–Kier alpha value is -5.44. The lowest BCUT2D eigenvalue weighted by atomic mass is 9.83. The van der Waals surface area contributed by atoms with Crippen LogP contribution in [-0.2, 0) is 28.7 Å². The molecule has 0 radical (unpaired) electrons. The Morgan fingerprint density at radius 1 is 0.530 bits per heavy atom. The molecule has 0 aromatic rings. The third-order valence-electron chi connectivity index (χ3n) is 10.7. The van der Waals surface area contributed by atoms with Gasteiger partial charge in [-0.15, -0.1) is 0 Å². The van der Waals surface area contributed by atoms with Crippen LogP contribution < -0.4 is 90.1 Å². The number of nitrogens with two attached hydrogens (primary N) is 12. The second kappa shape index (κ2) is 28.6. The zero-order chi connectivity index (χ0) is 49.7. The van der Waals surface area contributed by atoms with Crippen LogP contribution in [0.1, 0.15) is 57.8 Å². The molecule has 32 N–H and O–H groups in total. The number of aliphatic hydroxyl groups is 4. The minimum Gasteiger partial charge on any atom is -0.388 e. The van der Waals surface area contributed by atoms with Gasteiger partial charge >= 0.3 is 0 Å². The van der Waals surface area contributed by atoms with Crippen molar-refractivity contribution in [1.29, 1.82) is 0 Å². The summed E-state index contributed by atoms with van der Waals surface area (Å²) in [6.07, 6.45) is -10.8. The van der Waals surface area contributed by atoms with Crippen molar-refractivity contribution in [1.82, 2.24) is 21.3 Å². The largest absolute Gasteiger partial charge is 0.388 e. The molecule has 30 heteroatoms. The molecule has 2 aliphatic rings. The van der Waals surface area contributed by atoms with E-state index in [4.69, 9.17) is 78.3 Å². The molecular formula is C36H74N20O10. The first-order valence-corrected chi connectivity index (χ1v) is 21.5. The summed E-state index contributed by atoms with van der Waals surface area (Å²) >= 11 is 0. The van der Waals surface area contributed by atoms with Gasteiger partial charge < -0.3 is 120 Å². The number of carbonyl (C=O) groups is 4. The van der Waals surface area contributed by atoms with Crippen LogP contribution in [0.25, 0.3) is 0 Å². The van der Waals surface area contributed by atoms with Gasteiger partial charge in [-0.05, 0) is 57.8 Å². The van der Waals surface area contributed by atoms with Crippen LogP contribution in [0.15, 0.2) is 20.0 Å². The van der Waals surface area contributed by atoms with Crippen molar-refractivity contribution < 1.29 is 49.1 Å². The van der Waals surface area contributed by atoms with Gasteiger partial charge in [-0.1, -0.05) is 0 Å². The van der Waals surface area contributed by atoms with Crippen LogP contribution in [0.4, 0.5) is 0 Å². The lowest BCUT2D eigenvalue weighted by molar-refractivity contribution is -0.293. The summed E-state index contributed by atoms with van der Waals surface area (Å²) in [5, 5.41) is 56.3. The predicted octanol–water partition coefficient (Wildman–Crippen LogP) is -11.0. The number of nitrogens with zero attached hydrogens (tertiary/aromatic N) is 4. The number of hydrogen-bond donors (Lipinski definition) is 20. The number of nitrogens with one attached hydrogen (secondary N) is 4. The maximum absolute atomic E-state index is 13.6. The first kappa shape index (κ1) is 56.7. The van der Waals surface area contributed by atoms with Crippen LogP contribution in [-0.4, -0.2) is 186 Å². The van der Waals surface area contributed by atoms with Crippen molar-refractivity contribution in [2.24, 2.45) is 88.8 Å². The van der Waals surface area contributed by atoms with E-state index in [9.17, 15) is 39.6 Å². The van der Waals surface area contributed by atoms with Crippen LogP contribution in [0.5, 0.6) is 0 Å². The quantitative estimate of drug-likeness (QED) is 0.0206. The fraction of sp³-hybridized carbons (Fsp3) is 0.778. The predicted molar refractivity (Wildman–Crippen MR) is 243 cm³/mol. The number of hydrogen-bond acceptors (Lipinski definition) is 18. The van der Waals surface area contributed by atoms with Gasteiger partial charge in [-0.2, -0.15) is 0 Å². The van der Waals surface area contributed by atoms with E-state index in [1.54, 1.807) is 0 Å². The minimum atomic E-state index is -1.93. The molecule has 0 bridgehead atoms. The summed E-state index contributed by atoms with van der Waals surface area (Å²) in [6, 6.07) is -8.62. The summed E-state index contributed by atoms with van der Waals surface area (Å²) in [5.41, 5.74) is 67.4. The number of ether oxygens (including phenoxy) is 2. The van der Waals surface area contributed by atoms with Crippen molar-refractivity contribution >= 4 is 47.5 Å². The maximum Gasteiger partial charge on any atom is 0.237 e. The smallest absolute Gasteiger partial charge is 0.237 e. The van der Waals surface area contributed by atoms with E-state index in [1.807, 2.05) is 0 Å². The monoisotopic (exact) mass is 947 g/mol. The molecule has 2 fully saturated rings. The molecular weight excluding hydrogens is 873 g/mol. The number of aliphatic imine (C=N–C) groups is 4. The van der Waals surface area contributed by atoms with E-state index < -0.39 is 115 Å². The lowest BCUT2D eigenvalue weighted by Gasteiger charge is -2.48. The molecule has 0 aromatic carbocycles. The van der Waals surface area contributed by atoms with Gasteiger partial charge in [0.1, 0.15) is 42.7 Å². The number of guanidine groups is 4. The van der Waals surface area contributed by atoms with Crippen molar-refractivity contribution in [3.05, 3.63) is 0 Å². The highest BCUT2D eigenvalue weighted by Crippen LogP contribution is 2.30. The van der Waals surface area contributed by atoms with E-state index in [1.165, 1.54) is 0 Å². The third kappa shape index (κ3) is 19.6. The van der Waals surface area contributed by atoms with Gasteiger partial charge in [0.2, 0.25) is 23.6 Å². The van der Waals surface area contributed by atoms with E-state index in [-0.39, 0.29) is 88.5 Å². The number of aliphatic hydroxyl groups excluding tert-OH is 4. The second-order valence-electron chi connectivity index (χ2n) is 16.1. The Morgan fingerprint density at radius 2 is 0.909 bits per heavy atom. The molecule has 378 valence electrons. The van der Waals surface area contributed by atoms with E-state index in [2.05, 4.69) is 41.2 Å². The molecule has 14 atom stereocenters. The number of amides is 4. The van der Waals surface area contributed by atoms with Gasteiger partial charge in [-0.3, -0.25) is 39.1 Å². The van der Waals surface area contributed by atoms with Gasteiger partial charge in [-0.25, -0.2) is 0 Å². The molecule has 0 unspecified atom stereocenters. The Kier molecular flexibility index (Phi) is 24.5. The van der Waals surface area contributed by atoms with Crippen molar-refractivity contribution in [3.8, 4) is 0 Å². The normalized spacial score (nSPS) is 26.8. The Balaban J connectivity index is 2.46. The average Bonchev–Trinajstić information content (AvgIpc) is 3.25. The molecule has 1 saturated carbocycles. The van der Waals surface area contributed by atoms with Gasteiger partial charge in [0.25, 0.3) is 0 Å². The fourth-order valence-corrected chi connectivity index (χ4v) is 6.99. The minimum absolute atomic E-state index is 0.0715. The summed E-state index contributed by atoms with van der Waals surface area (Å²) in [5.74, 6) is -3.53. The van der Waals surface area contributed by atoms with E-state index >= 15 is 0 Å². The van der Waals surface area contributed by atoms with Crippen LogP contribution in [0, 0.1) is 0 Å². The Morgan fingerprint density at radius 3 is 1.32 bits per heavy atom. The van der Waals surface area contributed by atoms with Gasteiger partial charge in [0.05, 0.1) is 36.3 Å². The van der Waals surface area contributed by atoms with E-state index in [0.29, 0.717) is 19.3 Å². The Labute approximate surface area is 381 Å². The first-order valence-electron chi connectivity index (χ1n) is 21.5. The molecule has 0 aromatic heterocycles. The maximum atomic E-state index is 13.6. The highest BCUT2D eigenvalue weighted by Gasteiger charge is 2.52. The molecule has 2 rings (SSSR count). The zero-order valence-corrected chi connectivity index (χ0v) is 36.9.